The Labute approximate surface area is 138 Å². The van der Waals surface area contributed by atoms with Gasteiger partial charge in [-0.1, -0.05) is 0 Å². The normalized spacial score (nSPS) is 10.5. The van der Waals surface area contributed by atoms with Gasteiger partial charge in [0.25, 0.3) is 5.56 Å². The van der Waals surface area contributed by atoms with Crippen LogP contribution < -0.4 is 16.6 Å². The van der Waals surface area contributed by atoms with Crippen LogP contribution in [0.4, 0.5) is 11.5 Å². The van der Waals surface area contributed by atoms with Crippen molar-refractivity contribution >= 4 is 33.1 Å². The summed E-state index contributed by atoms with van der Waals surface area (Å²) in [6.45, 7) is 2.53. The zero-order chi connectivity index (χ0) is 17.0. The Morgan fingerprint density at radius 2 is 2.17 bits per heavy atom. The Morgan fingerprint density at radius 1 is 1.48 bits per heavy atom. The van der Waals surface area contributed by atoms with E-state index >= 15 is 0 Å². The van der Waals surface area contributed by atoms with Gasteiger partial charge in [0.15, 0.2) is 0 Å². The number of H-pyrrole nitrogens is 1. The first kappa shape index (κ1) is 17.2. The van der Waals surface area contributed by atoms with Gasteiger partial charge in [0.2, 0.25) is 0 Å². The molecule has 3 aromatic rings. The SMILES string of the molecule is COC.Cc1c(CN)sc2nn(C)c(Nc3ccc[nH]c3=O)c12. The molecule has 7 nitrogen and oxygen atoms in total. The Kier molecular flexibility index (Phi) is 5.54. The molecule has 0 aromatic carbocycles. The molecular weight excluding hydrogens is 314 g/mol. The van der Waals surface area contributed by atoms with Crippen molar-refractivity contribution in [1.29, 1.82) is 0 Å². The molecule has 3 aromatic heterocycles. The third-order valence-corrected chi connectivity index (χ3v) is 4.48. The van der Waals surface area contributed by atoms with Crippen LogP contribution in [0.25, 0.3) is 10.2 Å². The first-order valence-corrected chi connectivity index (χ1v) is 7.85. The summed E-state index contributed by atoms with van der Waals surface area (Å²) in [6, 6.07) is 3.52. The van der Waals surface area contributed by atoms with Crippen LogP contribution in [-0.4, -0.2) is 29.0 Å². The number of pyridine rings is 1. The third kappa shape index (κ3) is 3.44. The molecule has 0 amide bonds. The fourth-order valence-electron chi connectivity index (χ4n) is 2.23. The number of fused-ring (bicyclic) bond motifs is 1. The lowest BCUT2D eigenvalue weighted by Crippen LogP contribution is -2.12. The second-order valence-electron chi connectivity index (χ2n) is 4.95. The van der Waals surface area contributed by atoms with E-state index < -0.39 is 0 Å². The second kappa shape index (κ2) is 7.40. The van der Waals surface area contributed by atoms with E-state index in [-0.39, 0.29) is 5.56 Å². The highest BCUT2D eigenvalue weighted by molar-refractivity contribution is 7.19. The second-order valence-corrected chi connectivity index (χ2v) is 6.04. The van der Waals surface area contributed by atoms with Gasteiger partial charge in [-0.3, -0.25) is 9.48 Å². The predicted molar refractivity (Wildman–Crippen MR) is 94.5 cm³/mol. The number of aromatic amines is 1. The lowest BCUT2D eigenvalue weighted by atomic mass is 10.2. The average molecular weight is 335 g/mol. The number of nitrogens with zero attached hydrogens (tertiary/aromatic N) is 2. The number of nitrogens with one attached hydrogen (secondary N) is 2. The first-order valence-electron chi connectivity index (χ1n) is 7.03. The molecule has 0 atom stereocenters. The van der Waals surface area contributed by atoms with E-state index in [1.54, 1.807) is 48.6 Å². The van der Waals surface area contributed by atoms with Crippen molar-refractivity contribution in [3.8, 4) is 0 Å². The number of nitrogens with two attached hydrogens (primary N) is 1. The minimum absolute atomic E-state index is 0.159. The van der Waals surface area contributed by atoms with Crippen molar-refractivity contribution in [3.05, 3.63) is 39.1 Å². The Hall–Kier alpha value is -2.16. The largest absolute Gasteiger partial charge is 0.388 e. The highest BCUT2D eigenvalue weighted by Gasteiger charge is 2.17. The average Bonchev–Trinajstić information content (AvgIpc) is 2.99. The van der Waals surface area contributed by atoms with Gasteiger partial charge >= 0.3 is 0 Å². The number of hydrogen-bond donors (Lipinski definition) is 3. The Morgan fingerprint density at radius 3 is 2.78 bits per heavy atom. The van der Waals surface area contributed by atoms with Crippen LogP contribution in [0.1, 0.15) is 10.4 Å². The molecule has 3 heterocycles. The summed E-state index contributed by atoms with van der Waals surface area (Å²) in [5.41, 5.74) is 7.20. The lowest BCUT2D eigenvalue weighted by molar-refractivity contribution is 0.277. The molecular formula is C15H21N5O2S. The number of thiophene rings is 1. The van der Waals surface area contributed by atoms with Gasteiger partial charge in [-0.15, -0.1) is 11.3 Å². The number of anilines is 2. The molecule has 4 N–H and O–H groups in total. The van der Waals surface area contributed by atoms with Crippen LogP contribution in [0.5, 0.6) is 0 Å². The molecule has 8 heteroatoms. The molecule has 0 unspecified atom stereocenters. The minimum atomic E-state index is -0.159. The smallest absolute Gasteiger partial charge is 0.271 e. The summed E-state index contributed by atoms with van der Waals surface area (Å²) in [6.07, 6.45) is 1.61. The van der Waals surface area contributed by atoms with Crippen molar-refractivity contribution in [1.82, 2.24) is 14.8 Å². The van der Waals surface area contributed by atoms with E-state index in [2.05, 4.69) is 20.1 Å². The lowest BCUT2D eigenvalue weighted by Gasteiger charge is -2.06. The third-order valence-electron chi connectivity index (χ3n) is 3.28. The van der Waals surface area contributed by atoms with Gasteiger partial charge in [-0.2, -0.15) is 5.10 Å². The van der Waals surface area contributed by atoms with Crippen molar-refractivity contribution in [2.45, 2.75) is 13.5 Å². The van der Waals surface area contributed by atoms with E-state index in [0.717, 1.165) is 26.5 Å². The van der Waals surface area contributed by atoms with Crippen molar-refractivity contribution in [2.75, 3.05) is 19.5 Å². The van der Waals surface area contributed by atoms with Gasteiger partial charge in [0.1, 0.15) is 16.3 Å². The van der Waals surface area contributed by atoms with Crippen molar-refractivity contribution in [2.24, 2.45) is 12.8 Å². The summed E-state index contributed by atoms with van der Waals surface area (Å²) in [5.74, 6) is 0.810. The first-order chi connectivity index (χ1) is 11.0. The molecule has 0 aliphatic rings. The molecule has 124 valence electrons. The molecule has 0 aliphatic heterocycles. The van der Waals surface area contributed by atoms with Gasteiger partial charge < -0.3 is 20.8 Å². The Balaban J connectivity index is 0.000000595. The minimum Gasteiger partial charge on any atom is -0.388 e. The standard InChI is InChI=1S/C13H15N5OS.C2H6O/c1-7-9(6-14)20-13-10(7)11(18(2)17-13)16-8-4-3-5-15-12(8)19;1-3-2/h3-5,16H,6,14H2,1-2H3,(H,15,19);1-2H3. The molecule has 0 radical (unpaired) electrons. The van der Waals surface area contributed by atoms with Crippen LogP contribution in [0, 0.1) is 6.92 Å². The molecule has 0 bridgehead atoms. The van der Waals surface area contributed by atoms with Crippen LogP contribution in [0.3, 0.4) is 0 Å². The fourth-order valence-corrected chi connectivity index (χ4v) is 3.31. The van der Waals surface area contributed by atoms with Gasteiger partial charge in [-0.05, 0) is 24.6 Å². The summed E-state index contributed by atoms with van der Waals surface area (Å²) in [5, 5.41) is 8.67. The maximum atomic E-state index is 11.8. The predicted octanol–water partition coefficient (Wildman–Crippen LogP) is 2.10. The van der Waals surface area contributed by atoms with Gasteiger partial charge in [-0.25, -0.2) is 0 Å². The monoisotopic (exact) mass is 335 g/mol. The highest BCUT2D eigenvalue weighted by Crippen LogP contribution is 2.35. The summed E-state index contributed by atoms with van der Waals surface area (Å²) < 4.78 is 6.00. The topological polar surface area (TPSA) is 98.0 Å². The molecule has 3 rings (SSSR count). The molecule has 23 heavy (non-hydrogen) atoms. The summed E-state index contributed by atoms with van der Waals surface area (Å²) in [4.78, 5) is 16.5. The summed E-state index contributed by atoms with van der Waals surface area (Å²) in [7, 11) is 5.10. The maximum absolute atomic E-state index is 11.8. The van der Waals surface area contributed by atoms with Crippen LogP contribution in [0.2, 0.25) is 0 Å². The number of rotatable bonds is 3. The molecule has 0 fully saturated rings. The van der Waals surface area contributed by atoms with Crippen molar-refractivity contribution in [3.63, 3.8) is 0 Å². The maximum Gasteiger partial charge on any atom is 0.271 e. The fraction of sp³-hybridized carbons (Fsp3) is 0.333. The molecule has 0 saturated carbocycles. The van der Waals surface area contributed by atoms with E-state index in [9.17, 15) is 4.79 Å². The quantitative estimate of drug-likeness (QED) is 0.681. The number of ether oxygens (including phenoxy) is 1. The van der Waals surface area contributed by atoms with Gasteiger partial charge in [0.05, 0.1) is 5.39 Å². The number of hydrogen-bond acceptors (Lipinski definition) is 6. The van der Waals surface area contributed by atoms with E-state index in [0.29, 0.717) is 12.2 Å². The van der Waals surface area contributed by atoms with E-state index in [1.807, 2.05) is 14.0 Å². The van der Waals surface area contributed by atoms with Crippen molar-refractivity contribution < 1.29 is 4.74 Å². The number of aryl methyl sites for hydroxylation is 2. The summed E-state index contributed by atoms with van der Waals surface area (Å²) >= 11 is 1.59. The number of aromatic nitrogens is 3. The molecule has 0 spiro atoms. The highest BCUT2D eigenvalue weighted by atomic mass is 32.1. The zero-order valence-electron chi connectivity index (χ0n) is 13.6. The van der Waals surface area contributed by atoms with E-state index in [4.69, 9.17) is 5.73 Å². The van der Waals surface area contributed by atoms with Crippen LogP contribution in [-0.2, 0) is 18.3 Å². The van der Waals surface area contributed by atoms with Crippen LogP contribution >= 0.6 is 11.3 Å². The molecule has 0 aliphatic carbocycles. The Bertz CT molecular complexity index is 849. The number of methoxy groups -OCH3 is 1. The molecule has 0 saturated heterocycles. The zero-order valence-corrected chi connectivity index (χ0v) is 14.5. The van der Waals surface area contributed by atoms with Crippen LogP contribution in [0.15, 0.2) is 23.1 Å². The van der Waals surface area contributed by atoms with Gasteiger partial charge in [0, 0.05) is 38.9 Å². The van der Waals surface area contributed by atoms with E-state index in [1.165, 1.54) is 0 Å².